The summed E-state index contributed by atoms with van der Waals surface area (Å²) in [7, 11) is 0. The first-order valence-electron chi connectivity index (χ1n) is 3.63. The van der Waals surface area contributed by atoms with E-state index >= 15 is 0 Å². The number of thiazole rings is 1. The number of nitrogens with one attached hydrogen (secondary N) is 1. The van der Waals surface area contributed by atoms with Gasteiger partial charge in [-0.15, -0.1) is 11.3 Å². The maximum Gasteiger partial charge on any atom is 0.270 e. The van der Waals surface area contributed by atoms with Crippen LogP contribution in [0.1, 0.15) is 23.8 Å². The standard InChI is InChI=1S/C7H9BrN2OS/c1-2-3-9-6(11)5-4-12-7(8)10-5/h4H,2-3H2,1H3,(H,9,11). The predicted molar refractivity (Wildman–Crippen MR) is 52.4 cm³/mol. The molecule has 66 valence electrons. The lowest BCUT2D eigenvalue weighted by molar-refractivity contribution is 0.0949. The highest BCUT2D eigenvalue weighted by atomic mass is 79.9. The van der Waals surface area contributed by atoms with Crippen molar-refractivity contribution < 1.29 is 4.79 Å². The minimum atomic E-state index is -0.0983. The first-order chi connectivity index (χ1) is 5.74. The van der Waals surface area contributed by atoms with Gasteiger partial charge in [-0.2, -0.15) is 0 Å². The zero-order chi connectivity index (χ0) is 8.97. The Morgan fingerprint density at radius 1 is 1.83 bits per heavy atom. The number of rotatable bonds is 3. The summed E-state index contributed by atoms with van der Waals surface area (Å²) in [5.74, 6) is -0.0983. The lowest BCUT2D eigenvalue weighted by Gasteiger charge is -1.98. The van der Waals surface area contributed by atoms with Crippen LogP contribution in [0.3, 0.4) is 0 Å². The zero-order valence-corrected chi connectivity index (χ0v) is 9.04. The minimum absolute atomic E-state index is 0.0983. The molecule has 0 spiro atoms. The van der Waals surface area contributed by atoms with E-state index in [1.807, 2.05) is 6.92 Å². The molecule has 1 heterocycles. The first kappa shape index (κ1) is 9.67. The Bertz CT molecular complexity index is 274. The van der Waals surface area contributed by atoms with Gasteiger partial charge >= 0.3 is 0 Å². The number of hydrogen-bond acceptors (Lipinski definition) is 3. The van der Waals surface area contributed by atoms with Crippen molar-refractivity contribution in [2.24, 2.45) is 0 Å². The van der Waals surface area contributed by atoms with Crippen LogP contribution in [-0.4, -0.2) is 17.4 Å². The summed E-state index contributed by atoms with van der Waals surface area (Å²) in [4.78, 5) is 15.2. The number of carbonyl (C=O) groups excluding carboxylic acids is 1. The fourth-order valence-corrected chi connectivity index (χ4v) is 1.68. The van der Waals surface area contributed by atoms with Crippen LogP contribution in [0.4, 0.5) is 0 Å². The highest BCUT2D eigenvalue weighted by Crippen LogP contribution is 2.15. The number of halogens is 1. The van der Waals surface area contributed by atoms with Crippen LogP contribution < -0.4 is 5.32 Å². The van der Waals surface area contributed by atoms with Gasteiger partial charge in [0.05, 0.1) is 0 Å². The van der Waals surface area contributed by atoms with Gasteiger partial charge in [-0.05, 0) is 22.4 Å². The first-order valence-corrected chi connectivity index (χ1v) is 5.30. The maximum atomic E-state index is 11.2. The van der Waals surface area contributed by atoms with E-state index in [0.29, 0.717) is 12.2 Å². The third-order valence-electron chi connectivity index (χ3n) is 1.24. The molecule has 0 saturated heterocycles. The van der Waals surface area contributed by atoms with E-state index in [-0.39, 0.29) is 5.91 Å². The Morgan fingerprint density at radius 3 is 3.08 bits per heavy atom. The topological polar surface area (TPSA) is 42.0 Å². The Labute approximate surface area is 83.3 Å². The van der Waals surface area contributed by atoms with E-state index < -0.39 is 0 Å². The Hall–Kier alpha value is -0.420. The summed E-state index contributed by atoms with van der Waals surface area (Å²) in [5.41, 5.74) is 0.486. The van der Waals surface area contributed by atoms with Crippen molar-refractivity contribution >= 4 is 33.2 Å². The molecule has 1 N–H and O–H groups in total. The van der Waals surface area contributed by atoms with Gasteiger partial charge in [0.25, 0.3) is 5.91 Å². The van der Waals surface area contributed by atoms with E-state index in [0.717, 1.165) is 10.3 Å². The van der Waals surface area contributed by atoms with Gasteiger partial charge in [0.2, 0.25) is 0 Å². The van der Waals surface area contributed by atoms with E-state index in [9.17, 15) is 4.79 Å². The van der Waals surface area contributed by atoms with Crippen LogP contribution in [0, 0.1) is 0 Å². The molecule has 1 aromatic heterocycles. The van der Waals surface area contributed by atoms with Crippen molar-refractivity contribution in [2.75, 3.05) is 6.54 Å². The van der Waals surface area contributed by atoms with Crippen molar-refractivity contribution in [2.45, 2.75) is 13.3 Å². The van der Waals surface area contributed by atoms with Crippen LogP contribution in [0.5, 0.6) is 0 Å². The number of nitrogens with zero attached hydrogens (tertiary/aromatic N) is 1. The smallest absolute Gasteiger partial charge is 0.270 e. The molecule has 3 nitrogen and oxygen atoms in total. The van der Waals surface area contributed by atoms with E-state index in [2.05, 4.69) is 26.2 Å². The quantitative estimate of drug-likeness (QED) is 0.890. The van der Waals surface area contributed by atoms with Gasteiger partial charge in [0, 0.05) is 11.9 Å². The van der Waals surface area contributed by atoms with Crippen molar-refractivity contribution in [3.63, 3.8) is 0 Å². The molecule has 0 radical (unpaired) electrons. The Morgan fingerprint density at radius 2 is 2.58 bits per heavy atom. The average Bonchev–Trinajstić information content (AvgIpc) is 2.47. The third-order valence-corrected chi connectivity index (χ3v) is 2.61. The van der Waals surface area contributed by atoms with E-state index in [1.54, 1.807) is 5.38 Å². The summed E-state index contributed by atoms with van der Waals surface area (Å²) < 4.78 is 0.740. The molecule has 0 atom stereocenters. The highest BCUT2D eigenvalue weighted by Gasteiger charge is 2.07. The molecule has 1 rings (SSSR count). The number of amides is 1. The van der Waals surface area contributed by atoms with Crippen LogP contribution in [0.25, 0.3) is 0 Å². The normalized spacial score (nSPS) is 9.83. The molecule has 0 unspecified atom stereocenters. The molecule has 0 aliphatic carbocycles. The molecule has 1 amide bonds. The van der Waals surface area contributed by atoms with Gasteiger partial charge in [-0.1, -0.05) is 6.92 Å². The van der Waals surface area contributed by atoms with Crippen molar-refractivity contribution in [1.29, 1.82) is 0 Å². The van der Waals surface area contributed by atoms with Crippen molar-refractivity contribution in [3.8, 4) is 0 Å². The zero-order valence-electron chi connectivity index (χ0n) is 6.63. The highest BCUT2D eigenvalue weighted by molar-refractivity contribution is 9.11. The summed E-state index contributed by atoms with van der Waals surface area (Å²) in [6.45, 7) is 2.71. The molecule has 0 aromatic carbocycles. The van der Waals surface area contributed by atoms with Gasteiger partial charge in [-0.3, -0.25) is 4.79 Å². The summed E-state index contributed by atoms with van der Waals surface area (Å²) in [6, 6.07) is 0. The molecule has 0 aliphatic heterocycles. The SMILES string of the molecule is CCCNC(=O)c1csc(Br)n1. The number of hydrogen-bond donors (Lipinski definition) is 1. The second kappa shape index (κ2) is 4.57. The molecule has 12 heavy (non-hydrogen) atoms. The van der Waals surface area contributed by atoms with Crippen molar-refractivity contribution in [3.05, 3.63) is 15.0 Å². The van der Waals surface area contributed by atoms with E-state index in [4.69, 9.17) is 0 Å². The molecule has 0 saturated carbocycles. The van der Waals surface area contributed by atoms with Gasteiger partial charge in [-0.25, -0.2) is 4.98 Å². The second-order valence-corrected chi connectivity index (χ2v) is 4.38. The van der Waals surface area contributed by atoms with Crippen LogP contribution in [0.2, 0.25) is 0 Å². The number of aromatic nitrogens is 1. The van der Waals surface area contributed by atoms with Crippen molar-refractivity contribution in [1.82, 2.24) is 10.3 Å². The Balaban J connectivity index is 2.53. The summed E-state index contributed by atoms with van der Waals surface area (Å²) in [6.07, 6.45) is 0.942. The average molecular weight is 249 g/mol. The molecule has 1 aromatic rings. The minimum Gasteiger partial charge on any atom is -0.351 e. The Kier molecular flexibility index (Phi) is 3.68. The van der Waals surface area contributed by atoms with Gasteiger partial charge in [0.1, 0.15) is 5.69 Å². The predicted octanol–water partition coefficient (Wildman–Crippen LogP) is 2.05. The monoisotopic (exact) mass is 248 g/mol. The van der Waals surface area contributed by atoms with Crippen LogP contribution >= 0.6 is 27.3 Å². The fourth-order valence-electron chi connectivity index (χ4n) is 0.685. The molecular weight excluding hydrogens is 240 g/mol. The summed E-state index contributed by atoms with van der Waals surface area (Å²) in [5, 5.41) is 4.48. The van der Waals surface area contributed by atoms with Crippen LogP contribution in [-0.2, 0) is 0 Å². The molecular formula is C7H9BrN2OS. The molecule has 5 heteroatoms. The number of carbonyl (C=O) groups is 1. The molecule has 0 bridgehead atoms. The molecule has 0 aliphatic rings. The second-order valence-electron chi connectivity index (χ2n) is 2.24. The lowest BCUT2D eigenvalue weighted by Crippen LogP contribution is -2.24. The lowest BCUT2D eigenvalue weighted by atomic mass is 10.4. The van der Waals surface area contributed by atoms with E-state index in [1.165, 1.54) is 11.3 Å². The van der Waals surface area contributed by atoms with Gasteiger partial charge in [0.15, 0.2) is 3.92 Å². The molecule has 0 fully saturated rings. The maximum absolute atomic E-state index is 11.2. The third kappa shape index (κ3) is 2.57. The largest absolute Gasteiger partial charge is 0.351 e. The van der Waals surface area contributed by atoms with Gasteiger partial charge < -0.3 is 5.32 Å². The summed E-state index contributed by atoms with van der Waals surface area (Å²) >= 11 is 4.61. The van der Waals surface area contributed by atoms with Crippen LogP contribution in [0.15, 0.2) is 9.30 Å². The fraction of sp³-hybridized carbons (Fsp3) is 0.429.